The Kier molecular flexibility index (Phi) is 5.86. The highest BCUT2D eigenvalue weighted by atomic mass is 79.9. The van der Waals surface area contributed by atoms with Crippen molar-refractivity contribution < 1.29 is 4.74 Å². The quantitative estimate of drug-likeness (QED) is 0.877. The maximum atomic E-state index is 6.02. The molecule has 1 saturated heterocycles. The van der Waals surface area contributed by atoms with E-state index in [0.29, 0.717) is 11.8 Å². The summed E-state index contributed by atoms with van der Waals surface area (Å²) < 4.78 is 7.15. The summed E-state index contributed by atoms with van der Waals surface area (Å²) in [5, 5.41) is 3.58. The van der Waals surface area contributed by atoms with Gasteiger partial charge in [0.1, 0.15) is 0 Å². The molecular weight excluding hydrogens is 302 g/mol. The van der Waals surface area contributed by atoms with E-state index in [-0.39, 0.29) is 6.10 Å². The highest BCUT2D eigenvalue weighted by Crippen LogP contribution is 2.33. The first kappa shape index (κ1) is 15.0. The van der Waals surface area contributed by atoms with Crippen molar-refractivity contribution in [3.63, 3.8) is 0 Å². The summed E-state index contributed by atoms with van der Waals surface area (Å²) in [7, 11) is 0. The predicted molar refractivity (Wildman–Crippen MR) is 83.3 cm³/mol. The van der Waals surface area contributed by atoms with Crippen molar-refractivity contribution in [2.24, 2.45) is 11.8 Å². The third-order valence-electron chi connectivity index (χ3n) is 3.60. The summed E-state index contributed by atoms with van der Waals surface area (Å²) in [5.74, 6) is 1.30. The van der Waals surface area contributed by atoms with Crippen LogP contribution in [0.4, 0.5) is 0 Å². The van der Waals surface area contributed by atoms with Gasteiger partial charge in [0, 0.05) is 23.5 Å². The first-order valence-electron chi connectivity index (χ1n) is 7.24. The molecule has 3 heteroatoms. The van der Waals surface area contributed by atoms with Crippen molar-refractivity contribution in [2.45, 2.75) is 32.8 Å². The van der Waals surface area contributed by atoms with Crippen LogP contribution in [0.25, 0.3) is 0 Å². The van der Waals surface area contributed by atoms with Gasteiger partial charge in [0.15, 0.2) is 0 Å². The van der Waals surface area contributed by atoms with E-state index in [1.165, 1.54) is 18.4 Å². The Morgan fingerprint density at radius 3 is 2.74 bits per heavy atom. The third kappa shape index (κ3) is 4.59. The molecule has 1 aliphatic heterocycles. The Balaban J connectivity index is 1.97. The van der Waals surface area contributed by atoms with E-state index >= 15 is 0 Å². The molecule has 0 bridgehead atoms. The molecular formula is C16H24BrNO. The number of ether oxygens (including phenoxy) is 1. The lowest BCUT2D eigenvalue weighted by atomic mass is 9.89. The van der Waals surface area contributed by atoms with Crippen LogP contribution in [-0.4, -0.2) is 19.7 Å². The molecule has 1 aliphatic rings. The summed E-state index contributed by atoms with van der Waals surface area (Å²) in [4.78, 5) is 0. The van der Waals surface area contributed by atoms with Gasteiger partial charge in [-0.1, -0.05) is 41.9 Å². The molecule has 0 aliphatic carbocycles. The monoisotopic (exact) mass is 325 g/mol. The van der Waals surface area contributed by atoms with Crippen LogP contribution in [0, 0.1) is 11.8 Å². The topological polar surface area (TPSA) is 21.3 Å². The molecule has 1 heterocycles. The molecule has 0 amide bonds. The van der Waals surface area contributed by atoms with E-state index in [9.17, 15) is 0 Å². The second-order valence-electron chi connectivity index (χ2n) is 5.80. The summed E-state index contributed by atoms with van der Waals surface area (Å²) in [6.45, 7) is 7.52. The average Bonchev–Trinajstić information content (AvgIpc) is 2.40. The van der Waals surface area contributed by atoms with Gasteiger partial charge in [0.25, 0.3) is 0 Å². The Hall–Kier alpha value is -0.380. The summed E-state index contributed by atoms with van der Waals surface area (Å²) in [6, 6.07) is 8.56. The zero-order chi connectivity index (χ0) is 13.7. The largest absolute Gasteiger partial charge is 0.373 e. The fraction of sp³-hybridized carbons (Fsp3) is 0.625. The standard InChI is InChI=1S/C16H24BrNO/c1-12(2)10-18-11-14-4-3-9-19-16(14)13-5-7-15(17)8-6-13/h5-8,12,14,16,18H,3-4,9-11H2,1-2H3. The van der Waals surface area contributed by atoms with Crippen molar-refractivity contribution in [2.75, 3.05) is 19.7 Å². The van der Waals surface area contributed by atoms with Crippen LogP contribution < -0.4 is 5.32 Å². The van der Waals surface area contributed by atoms with E-state index in [1.807, 2.05) is 0 Å². The Labute approximate surface area is 125 Å². The molecule has 1 aromatic carbocycles. The molecule has 1 N–H and O–H groups in total. The van der Waals surface area contributed by atoms with Crippen molar-refractivity contribution in [1.82, 2.24) is 5.32 Å². The minimum absolute atomic E-state index is 0.251. The first-order chi connectivity index (χ1) is 9.16. The van der Waals surface area contributed by atoms with E-state index < -0.39 is 0 Å². The number of nitrogens with one attached hydrogen (secondary N) is 1. The molecule has 0 saturated carbocycles. The molecule has 19 heavy (non-hydrogen) atoms. The SMILES string of the molecule is CC(C)CNCC1CCCOC1c1ccc(Br)cc1. The lowest BCUT2D eigenvalue weighted by Gasteiger charge is -2.32. The first-order valence-corrected chi connectivity index (χ1v) is 8.04. The van der Waals surface area contributed by atoms with Crippen molar-refractivity contribution in [3.05, 3.63) is 34.3 Å². The molecule has 2 nitrogen and oxygen atoms in total. The highest BCUT2D eigenvalue weighted by molar-refractivity contribution is 9.10. The minimum Gasteiger partial charge on any atom is -0.373 e. The lowest BCUT2D eigenvalue weighted by Crippen LogP contribution is -2.33. The van der Waals surface area contributed by atoms with E-state index in [2.05, 4.69) is 59.4 Å². The normalized spacial score (nSPS) is 23.8. The zero-order valence-corrected chi connectivity index (χ0v) is 13.4. The van der Waals surface area contributed by atoms with Gasteiger partial charge in [-0.15, -0.1) is 0 Å². The Morgan fingerprint density at radius 2 is 2.05 bits per heavy atom. The van der Waals surface area contributed by atoms with Gasteiger partial charge >= 0.3 is 0 Å². The van der Waals surface area contributed by atoms with Gasteiger partial charge in [0.05, 0.1) is 6.10 Å². The molecule has 0 aromatic heterocycles. The second-order valence-corrected chi connectivity index (χ2v) is 6.71. The van der Waals surface area contributed by atoms with Crippen molar-refractivity contribution >= 4 is 15.9 Å². The van der Waals surface area contributed by atoms with Gasteiger partial charge in [-0.25, -0.2) is 0 Å². The molecule has 2 atom stereocenters. The van der Waals surface area contributed by atoms with Crippen LogP contribution in [0.2, 0.25) is 0 Å². The fourth-order valence-corrected chi connectivity index (χ4v) is 2.89. The number of hydrogen-bond acceptors (Lipinski definition) is 2. The average molecular weight is 326 g/mol. The molecule has 2 unspecified atom stereocenters. The number of halogens is 1. The van der Waals surface area contributed by atoms with Crippen LogP contribution in [0.3, 0.4) is 0 Å². The minimum atomic E-state index is 0.251. The number of benzene rings is 1. The summed E-state index contributed by atoms with van der Waals surface area (Å²) >= 11 is 3.49. The molecule has 2 rings (SSSR count). The fourth-order valence-electron chi connectivity index (χ4n) is 2.63. The molecule has 1 fully saturated rings. The predicted octanol–water partition coefficient (Wildman–Crippen LogP) is 4.16. The maximum absolute atomic E-state index is 6.02. The van der Waals surface area contributed by atoms with E-state index in [0.717, 1.165) is 24.2 Å². The lowest BCUT2D eigenvalue weighted by molar-refractivity contribution is -0.0278. The van der Waals surface area contributed by atoms with E-state index in [1.54, 1.807) is 0 Å². The maximum Gasteiger partial charge on any atom is 0.0865 e. The number of rotatable bonds is 5. The molecule has 0 radical (unpaired) electrons. The smallest absolute Gasteiger partial charge is 0.0865 e. The molecule has 1 aromatic rings. The number of hydrogen-bond donors (Lipinski definition) is 1. The second kappa shape index (κ2) is 7.41. The summed E-state index contributed by atoms with van der Waals surface area (Å²) in [5.41, 5.74) is 1.30. The Morgan fingerprint density at radius 1 is 1.32 bits per heavy atom. The van der Waals surface area contributed by atoms with Crippen LogP contribution in [-0.2, 0) is 4.74 Å². The van der Waals surface area contributed by atoms with Crippen LogP contribution in [0.15, 0.2) is 28.7 Å². The van der Waals surface area contributed by atoms with Gasteiger partial charge in [-0.2, -0.15) is 0 Å². The molecule has 0 spiro atoms. The van der Waals surface area contributed by atoms with Crippen LogP contribution in [0.1, 0.15) is 38.4 Å². The van der Waals surface area contributed by atoms with Gasteiger partial charge in [0.2, 0.25) is 0 Å². The van der Waals surface area contributed by atoms with Crippen LogP contribution in [0.5, 0.6) is 0 Å². The summed E-state index contributed by atoms with van der Waals surface area (Å²) in [6.07, 6.45) is 2.69. The van der Waals surface area contributed by atoms with Crippen molar-refractivity contribution in [3.8, 4) is 0 Å². The van der Waals surface area contributed by atoms with Gasteiger partial charge < -0.3 is 10.1 Å². The zero-order valence-electron chi connectivity index (χ0n) is 11.9. The third-order valence-corrected chi connectivity index (χ3v) is 4.13. The van der Waals surface area contributed by atoms with Gasteiger partial charge in [-0.05, 0) is 43.0 Å². The van der Waals surface area contributed by atoms with E-state index in [4.69, 9.17) is 4.74 Å². The van der Waals surface area contributed by atoms with Gasteiger partial charge in [-0.3, -0.25) is 0 Å². The molecule has 106 valence electrons. The van der Waals surface area contributed by atoms with Crippen molar-refractivity contribution in [1.29, 1.82) is 0 Å². The Bertz CT molecular complexity index is 377. The van der Waals surface area contributed by atoms with Crippen LogP contribution >= 0.6 is 15.9 Å². The highest BCUT2D eigenvalue weighted by Gasteiger charge is 2.27.